The van der Waals surface area contributed by atoms with Crippen LogP contribution in [0.5, 0.6) is 0 Å². The summed E-state index contributed by atoms with van der Waals surface area (Å²) in [4.78, 5) is 29.7. The third kappa shape index (κ3) is 4.06. The fourth-order valence-corrected chi connectivity index (χ4v) is 3.87. The average Bonchev–Trinajstić information content (AvgIpc) is 3.51. The zero-order valence-electron chi connectivity index (χ0n) is 15.1. The van der Waals surface area contributed by atoms with Gasteiger partial charge in [0.1, 0.15) is 0 Å². The number of hydrogen-bond donors (Lipinski definition) is 1. The van der Waals surface area contributed by atoms with Gasteiger partial charge in [0, 0.05) is 12.6 Å². The molecule has 1 aliphatic carbocycles. The van der Waals surface area contributed by atoms with Crippen LogP contribution in [0.4, 0.5) is 0 Å². The Morgan fingerprint density at radius 1 is 1.19 bits per heavy atom. The molecule has 0 spiro atoms. The van der Waals surface area contributed by atoms with Crippen LogP contribution in [0.25, 0.3) is 10.9 Å². The first-order chi connectivity index (χ1) is 13.1. The molecular formula is C21H21N3O2S. The van der Waals surface area contributed by atoms with Crippen molar-refractivity contribution >= 4 is 28.6 Å². The second-order valence-electron chi connectivity index (χ2n) is 6.87. The molecule has 0 atom stereocenters. The van der Waals surface area contributed by atoms with E-state index in [2.05, 4.69) is 10.3 Å². The molecule has 0 aliphatic heterocycles. The van der Waals surface area contributed by atoms with Gasteiger partial charge in [0.15, 0.2) is 5.16 Å². The second-order valence-corrected chi connectivity index (χ2v) is 7.81. The summed E-state index contributed by atoms with van der Waals surface area (Å²) < 4.78 is 1.76. The summed E-state index contributed by atoms with van der Waals surface area (Å²) in [6.45, 7) is 2.54. The number of nitrogens with zero attached hydrogens (tertiary/aromatic N) is 2. The lowest BCUT2D eigenvalue weighted by Crippen LogP contribution is -2.26. The maximum atomic E-state index is 12.8. The van der Waals surface area contributed by atoms with Crippen LogP contribution in [0.3, 0.4) is 0 Å². The summed E-state index contributed by atoms with van der Waals surface area (Å²) in [5.41, 5.74) is 2.94. The number of aryl methyl sites for hydroxylation is 1. The van der Waals surface area contributed by atoms with Crippen molar-refractivity contribution < 1.29 is 4.79 Å². The Balaban J connectivity index is 1.46. The number of benzene rings is 2. The van der Waals surface area contributed by atoms with Crippen molar-refractivity contribution in [1.29, 1.82) is 0 Å². The molecule has 6 heteroatoms. The normalized spacial score (nSPS) is 13.7. The summed E-state index contributed by atoms with van der Waals surface area (Å²) in [6.07, 6.45) is 1.99. The lowest BCUT2D eigenvalue weighted by atomic mass is 10.1. The first-order valence-corrected chi connectivity index (χ1v) is 10.1. The van der Waals surface area contributed by atoms with Gasteiger partial charge in [0.05, 0.1) is 16.7 Å². The minimum atomic E-state index is -0.0645. The molecule has 4 rings (SSSR count). The summed E-state index contributed by atoms with van der Waals surface area (Å²) in [5, 5.41) is 4.20. The van der Waals surface area contributed by atoms with Gasteiger partial charge in [-0.25, -0.2) is 4.98 Å². The molecule has 1 amide bonds. The molecule has 1 N–H and O–H groups in total. The van der Waals surface area contributed by atoms with E-state index in [1.807, 2.05) is 55.5 Å². The van der Waals surface area contributed by atoms with Crippen molar-refractivity contribution in [2.45, 2.75) is 37.5 Å². The number of carbonyl (C=O) groups is 1. The van der Waals surface area contributed by atoms with E-state index in [9.17, 15) is 9.59 Å². The van der Waals surface area contributed by atoms with Gasteiger partial charge >= 0.3 is 0 Å². The third-order valence-electron chi connectivity index (χ3n) is 4.63. The number of carbonyl (C=O) groups excluding carboxylic acids is 1. The first-order valence-electron chi connectivity index (χ1n) is 9.08. The Morgan fingerprint density at radius 2 is 1.93 bits per heavy atom. The molecule has 0 radical (unpaired) electrons. The highest BCUT2D eigenvalue weighted by atomic mass is 32.2. The Labute approximate surface area is 161 Å². The highest BCUT2D eigenvalue weighted by Gasteiger charge is 2.28. The maximum absolute atomic E-state index is 12.8. The van der Waals surface area contributed by atoms with Crippen LogP contribution in [0.2, 0.25) is 0 Å². The van der Waals surface area contributed by atoms with Crippen molar-refractivity contribution in [3.63, 3.8) is 0 Å². The quantitative estimate of drug-likeness (QED) is 0.526. The molecule has 1 saturated carbocycles. The molecule has 27 heavy (non-hydrogen) atoms. The van der Waals surface area contributed by atoms with E-state index in [0.717, 1.165) is 18.4 Å². The predicted octanol–water partition coefficient (Wildman–Crippen LogP) is 3.45. The van der Waals surface area contributed by atoms with E-state index in [0.29, 0.717) is 22.6 Å². The molecule has 1 aliphatic rings. The van der Waals surface area contributed by atoms with Crippen LogP contribution in [0, 0.1) is 6.92 Å². The smallest absolute Gasteiger partial charge is 0.262 e. The number of thioether (sulfide) groups is 1. The number of amides is 1. The van der Waals surface area contributed by atoms with Gasteiger partial charge in [0.2, 0.25) is 5.91 Å². The summed E-state index contributed by atoms with van der Waals surface area (Å²) in [7, 11) is 0. The minimum absolute atomic E-state index is 0.00864. The number of aromatic nitrogens is 2. The molecule has 3 aromatic rings. The molecule has 2 aromatic carbocycles. The molecule has 0 unspecified atom stereocenters. The maximum Gasteiger partial charge on any atom is 0.262 e. The SMILES string of the molecule is Cc1ccc(CNC(=O)CSc2nc3ccccc3c(=O)n2C2CC2)cc1. The molecule has 0 bridgehead atoms. The Morgan fingerprint density at radius 3 is 2.67 bits per heavy atom. The monoisotopic (exact) mass is 379 g/mol. The van der Waals surface area contributed by atoms with Gasteiger partial charge in [-0.05, 0) is 37.5 Å². The lowest BCUT2D eigenvalue weighted by Gasteiger charge is -2.12. The first kappa shape index (κ1) is 17.8. The van der Waals surface area contributed by atoms with Crippen molar-refractivity contribution in [2.75, 3.05) is 5.75 Å². The van der Waals surface area contributed by atoms with E-state index in [-0.39, 0.29) is 23.3 Å². The summed E-state index contributed by atoms with van der Waals surface area (Å²) in [5.74, 6) is 0.175. The van der Waals surface area contributed by atoms with Crippen LogP contribution >= 0.6 is 11.8 Å². The zero-order chi connectivity index (χ0) is 18.8. The van der Waals surface area contributed by atoms with Gasteiger partial charge in [-0.2, -0.15) is 0 Å². The highest BCUT2D eigenvalue weighted by molar-refractivity contribution is 7.99. The average molecular weight is 379 g/mol. The molecule has 1 fully saturated rings. The van der Waals surface area contributed by atoms with Crippen molar-refractivity contribution in [3.8, 4) is 0 Å². The van der Waals surface area contributed by atoms with E-state index < -0.39 is 0 Å². The second kappa shape index (κ2) is 7.56. The molecule has 5 nitrogen and oxygen atoms in total. The van der Waals surface area contributed by atoms with Crippen LogP contribution in [0.1, 0.15) is 30.0 Å². The van der Waals surface area contributed by atoms with Crippen LogP contribution < -0.4 is 10.9 Å². The van der Waals surface area contributed by atoms with Crippen LogP contribution in [-0.4, -0.2) is 21.2 Å². The number of hydrogen-bond acceptors (Lipinski definition) is 4. The van der Waals surface area contributed by atoms with Crippen molar-refractivity contribution in [3.05, 3.63) is 70.0 Å². The lowest BCUT2D eigenvalue weighted by molar-refractivity contribution is -0.118. The van der Waals surface area contributed by atoms with E-state index >= 15 is 0 Å². The summed E-state index contributed by atoms with van der Waals surface area (Å²) >= 11 is 1.33. The van der Waals surface area contributed by atoms with Gasteiger partial charge in [-0.15, -0.1) is 0 Å². The Kier molecular flexibility index (Phi) is 4.99. The molecule has 138 valence electrons. The number of fused-ring (bicyclic) bond motifs is 1. The largest absolute Gasteiger partial charge is 0.351 e. The fraction of sp³-hybridized carbons (Fsp3) is 0.286. The summed E-state index contributed by atoms with van der Waals surface area (Å²) in [6, 6.07) is 15.7. The standard InChI is InChI=1S/C21H21N3O2S/c1-14-6-8-15(9-7-14)12-22-19(25)13-27-21-23-18-5-3-2-4-17(18)20(26)24(21)16-10-11-16/h2-9,16H,10-13H2,1H3,(H,22,25). The van der Waals surface area contributed by atoms with E-state index in [1.54, 1.807) is 4.57 Å². The minimum Gasteiger partial charge on any atom is -0.351 e. The third-order valence-corrected chi connectivity index (χ3v) is 5.58. The number of nitrogens with one attached hydrogen (secondary N) is 1. The topological polar surface area (TPSA) is 64.0 Å². The van der Waals surface area contributed by atoms with Crippen molar-refractivity contribution in [1.82, 2.24) is 14.9 Å². The van der Waals surface area contributed by atoms with Gasteiger partial charge in [0.25, 0.3) is 5.56 Å². The molecule has 1 heterocycles. The van der Waals surface area contributed by atoms with Gasteiger partial charge < -0.3 is 5.32 Å². The predicted molar refractivity (Wildman–Crippen MR) is 108 cm³/mol. The highest BCUT2D eigenvalue weighted by Crippen LogP contribution is 2.36. The Bertz CT molecular complexity index is 1040. The van der Waals surface area contributed by atoms with E-state index in [4.69, 9.17) is 0 Å². The zero-order valence-corrected chi connectivity index (χ0v) is 16.0. The molecular weight excluding hydrogens is 358 g/mol. The number of rotatable bonds is 6. The fourth-order valence-electron chi connectivity index (χ4n) is 2.97. The van der Waals surface area contributed by atoms with Crippen LogP contribution in [0.15, 0.2) is 58.5 Å². The number of para-hydroxylation sites is 1. The van der Waals surface area contributed by atoms with Gasteiger partial charge in [-0.3, -0.25) is 14.2 Å². The molecule has 0 saturated heterocycles. The van der Waals surface area contributed by atoms with Gasteiger partial charge in [-0.1, -0.05) is 53.7 Å². The Hall–Kier alpha value is -2.60. The molecule has 1 aromatic heterocycles. The van der Waals surface area contributed by atoms with Crippen molar-refractivity contribution in [2.24, 2.45) is 0 Å². The van der Waals surface area contributed by atoms with E-state index in [1.165, 1.54) is 17.3 Å². The van der Waals surface area contributed by atoms with Crippen LogP contribution in [-0.2, 0) is 11.3 Å².